The average molecular weight is 687 g/mol. The van der Waals surface area contributed by atoms with Crippen molar-refractivity contribution in [3.8, 4) is 0 Å². The average Bonchev–Trinajstić information content (AvgIpc) is 3.75. The predicted molar refractivity (Wildman–Crippen MR) is 148 cm³/mol. The number of nitrogens with two attached hydrogens (primary N) is 2. The zero-order valence-electron chi connectivity index (χ0n) is 23.3. The SMILES string of the molecule is NC1=Nc2c(ncn2C2OC3COP(=O)(O)OCC4C(O)C(COP(=O)(O)OC3C2O)OC4n2cnc3c(N)ncnc32)C(=O)C1. The van der Waals surface area contributed by atoms with Crippen molar-refractivity contribution in [1.29, 1.82) is 0 Å². The Kier molecular flexibility index (Phi) is 7.82. The monoisotopic (exact) mass is 687 g/mol. The first-order chi connectivity index (χ1) is 21.8. The molecule has 0 spiro atoms. The highest BCUT2D eigenvalue weighted by atomic mass is 31.2. The standard InChI is InChI=1S/C22H27N9O13P2/c23-12-1-9(32)13-20(29-12)31(6-27-13)22-16(34)17-11(43-22)4-40-45(35,36)39-2-8-15(33)10(3-41-46(37,38)44-17)42-21(8)30-7-28-14-18(24)25-5-26-19(14)30/h5-8,10-11,15-17,21-22,33-34H,1-4H2,(H2,23,29)(H,35,36)(H,37,38)(H2,24,25,26). The summed E-state index contributed by atoms with van der Waals surface area (Å²) in [5, 5.41) is 22.3. The molecule has 22 nitrogen and oxygen atoms in total. The van der Waals surface area contributed by atoms with Gasteiger partial charge in [0.2, 0.25) is 0 Å². The zero-order chi connectivity index (χ0) is 32.5. The zero-order valence-corrected chi connectivity index (χ0v) is 25.1. The summed E-state index contributed by atoms with van der Waals surface area (Å²) >= 11 is 0. The molecule has 0 aromatic carbocycles. The number of aliphatic hydroxyl groups is 2. The largest absolute Gasteiger partial charge is 0.472 e. The van der Waals surface area contributed by atoms with Crippen LogP contribution in [0.1, 0.15) is 29.4 Å². The lowest BCUT2D eigenvalue weighted by atomic mass is 10.0. The van der Waals surface area contributed by atoms with Crippen molar-refractivity contribution >= 4 is 50.1 Å². The first-order valence-corrected chi connectivity index (χ1v) is 16.6. The lowest BCUT2D eigenvalue weighted by Crippen LogP contribution is -2.37. The second kappa shape index (κ2) is 11.5. The molecular weight excluding hydrogens is 660 g/mol. The fourth-order valence-electron chi connectivity index (χ4n) is 5.67. The highest BCUT2D eigenvalue weighted by molar-refractivity contribution is 7.47. The van der Waals surface area contributed by atoms with E-state index in [1.54, 1.807) is 0 Å². The van der Waals surface area contributed by atoms with E-state index in [9.17, 15) is 33.9 Å². The molecule has 3 aromatic rings. The summed E-state index contributed by atoms with van der Waals surface area (Å²) in [7, 11) is -9.98. The Morgan fingerprint density at radius 2 is 1.54 bits per heavy atom. The van der Waals surface area contributed by atoms with Gasteiger partial charge in [-0.15, -0.1) is 0 Å². The van der Waals surface area contributed by atoms with Crippen molar-refractivity contribution in [2.75, 3.05) is 25.6 Å². The third-order valence-electron chi connectivity index (χ3n) is 7.86. The Morgan fingerprint density at radius 3 is 2.35 bits per heavy atom. The number of fused-ring (bicyclic) bond motifs is 5. The first kappa shape index (κ1) is 31.4. The van der Waals surface area contributed by atoms with E-state index in [0.29, 0.717) is 0 Å². The molecule has 3 aromatic heterocycles. The van der Waals surface area contributed by atoms with Crippen LogP contribution >= 0.6 is 15.6 Å². The quantitative estimate of drug-likeness (QED) is 0.170. The minimum absolute atomic E-state index is 0.0175. The van der Waals surface area contributed by atoms with E-state index in [-0.39, 0.29) is 40.7 Å². The van der Waals surface area contributed by atoms with Crippen molar-refractivity contribution in [3.63, 3.8) is 0 Å². The Hall–Kier alpha value is -3.24. The van der Waals surface area contributed by atoms with Crippen LogP contribution in [-0.2, 0) is 36.7 Å². The number of Topliss-reactive ketones (excluding diaryl/α,β-unsaturated/α-hetero) is 1. The predicted octanol–water partition coefficient (Wildman–Crippen LogP) is -1.34. The highest BCUT2D eigenvalue weighted by Crippen LogP contribution is 2.52. The van der Waals surface area contributed by atoms with Crippen molar-refractivity contribution in [3.05, 3.63) is 24.7 Å². The number of ether oxygens (including phenoxy) is 2. The Bertz CT molecular complexity index is 1820. The number of imidazole rings is 2. The summed E-state index contributed by atoms with van der Waals surface area (Å²) in [5.74, 6) is -1.51. The van der Waals surface area contributed by atoms with Gasteiger partial charge < -0.3 is 40.9 Å². The van der Waals surface area contributed by atoms with Crippen molar-refractivity contribution in [2.45, 2.75) is 49.4 Å². The highest BCUT2D eigenvalue weighted by Gasteiger charge is 2.52. The summed E-state index contributed by atoms with van der Waals surface area (Å²) in [6.45, 7) is -2.12. The number of aromatic nitrogens is 6. The molecule has 7 rings (SSSR count). The number of amidine groups is 1. The molecule has 248 valence electrons. The van der Waals surface area contributed by atoms with Crippen LogP contribution in [0.15, 0.2) is 24.0 Å². The number of rotatable bonds is 2. The molecule has 10 unspecified atom stereocenters. The number of hydrogen-bond donors (Lipinski definition) is 6. The van der Waals surface area contributed by atoms with E-state index in [1.807, 2.05) is 0 Å². The summed E-state index contributed by atoms with van der Waals surface area (Å²) < 4.78 is 61.2. The molecule has 2 bridgehead atoms. The van der Waals surface area contributed by atoms with E-state index < -0.39 is 90.1 Å². The number of carbonyl (C=O) groups excluding carboxylic acids is 1. The van der Waals surface area contributed by atoms with Gasteiger partial charge >= 0.3 is 15.6 Å². The molecule has 4 aliphatic rings. The van der Waals surface area contributed by atoms with E-state index in [0.717, 1.165) is 10.9 Å². The number of anilines is 1. The number of aliphatic imine (C=N–C) groups is 1. The first-order valence-electron chi connectivity index (χ1n) is 13.6. The van der Waals surface area contributed by atoms with E-state index in [4.69, 9.17) is 39.0 Å². The minimum atomic E-state index is -5.07. The topological polar surface area (TPSA) is 313 Å². The number of phosphoric acid groups is 2. The summed E-state index contributed by atoms with van der Waals surface area (Å²) in [6.07, 6.45) is -6.83. The van der Waals surface area contributed by atoms with Crippen LogP contribution in [0.4, 0.5) is 11.6 Å². The van der Waals surface area contributed by atoms with Gasteiger partial charge in [0.15, 0.2) is 35.0 Å². The smallest absolute Gasteiger partial charge is 0.390 e. The van der Waals surface area contributed by atoms with Gasteiger partial charge in [0.1, 0.15) is 48.3 Å². The minimum Gasteiger partial charge on any atom is -0.390 e. The molecule has 0 aliphatic carbocycles. The van der Waals surface area contributed by atoms with Crippen molar-refractivity contribution in [2.24, 2.45) is 16.6 Å². The lowest BCUT2D eigenvalue weighted by molar-refractivity contribution is -0.0552. The number of hydrogen-bond acceptors (Lipinski definition) is 18. The molecule has 4 aliphatic heterocycles. The van der Waals surface area contributed by atoms with Crippen LogP contribution in [0.25, 0.3) is 11.2 Å². The third-order valence-corrected chi connectivity index (χ3v) is 9.79. The van der Waals surface area contributed by atoms with Crippen LogP contribution < -0.4 is 11.5 Å². The van der Waals surface area contributed by atoms with E-state index >= 15 is 0 Å². The number of ketones is 1. The van der Waals surface area contributed by atoms with Crippen LogP contribution in [0.2, 0.25) is 0 Å². The van der Waals surface area contributed by atoms with Crippen LogP contribution in [0.5, 0.6) is 0 Å². The molecule has 0 saturated carbocycles. The lowest BCUT2D eigenvalue weighted by Gasteiger charge is -2.26. The second-order valence-corrected chi connectivity index (χ2v) is 13.6. The van der Waals surface area contributed by atoms with Gasteiger partial charge in [-0.25, -0.2) is 34.1 Å². The molecule has 7 heterocycles. The normalized spacial score (nSPS) is 38.7. The number of nitrogens with zero attached hydrogens (tertiary/aromatic N) is 7. The molecule has 0 radical (unpaired) electrons. The maximum Gasteiger partial charge on any atom is 0.472 e. The van der Waals surface area contributed by atoms with Gasteiger partial charge in [0.05, 0.1) is 50.9 Å². The molecule has 46 heavy (non-hydrogen) atoms. The molecule has 24 heteroatoms. The van der Waals surface area contributed by atoms with Gasteiger partial charge in [-0.1, -0.05) is 0 Å². The molecule has 3 fully saturated rings. The van der Waals surface area contributed by atoms with Gasteiger partial charge in [0, 0.05) is 0 Å². The summed E-state index contributed by atoms with van der Waals surface area (Å²) in [4.78, 5) is 53.8. The number of nitrogen functional groups attached to an aromatic ring is 1. The van der Waals surface area contributed by atoms with Gasteiger partial charge in [-0.2, -0.15) is 0 Å². The van der Waals surface area contributed by atoms with E-state index in [1.165, 1.54) is 17.2 Å². The fourth-order valence-corrected chi connectivity index (χ4v) is 7.41. The van der Waals surface area contributed by atoms with Crippen molar-refractivity contribution in [1.82, 2.24) is 29.1 Å². The van der Waals surface area contributed by atoms with Gasteiger partial charge in [-0.3, -0.25) is 32.0 Å². The van der Waals surface area contributed by atoms with Crippen LogP contribution in [-0.4, -0.2) is 111 Å². The summed E-state index contributed by atoms with van der Waals surface area (Å²) in [5.41, 5.74) is 12.0. The Balaban J connectivity index is 1.17. The van der Waals surface area contributed by atoms with Gasteiger partial charge in [-0.05, 0) is 0 Å². The molecule has 3 saturated heterocycles. The van der Waals surface area contributed by atoms with Crippen LogP contribution in [0.3, 0.4) is 0 Å². The number of phosphoric ester groups is 2. The van der Waals surface area contributed by atoms with E-state index in [2.05, 4.69) is 24.9 Å². The molecular formula is C22H27N9O13P2. The molecule has 8 N–H and O–H groups in total. The van der Waals surface area contributed by atoms with Crippen LogP contribution in [0, 0.1) is 5.92 Å². The Labute approximate surface area is 257 Å². The molecule has 10 atom stereocenters. The Morgan fingerprint density at radius 1 is 0.848 bits per heavy atom. The second-order valence-electron chi connectivity index (χ2n) is 10.8. The van der Waals surface area contributed by atoms with Crippen molar-refractivity contribution < 1.29 is 61.5 Å². The summed E-state index contributed by atoms with van der Waals surface area (Å²) in [6, 6.07) is 0. The fraction of sp³-hybridized carbons (Fsp3) is 0.545. The molecule has 0 amide bonds. The number of aliphatic hydroxyl groups excluding tert-OH is 2. The maximum atomic E-state index is 13.1. The maximum absolute atomic E-state index is 13.1. The third kappa shape index (κ3) is 5.55. The van der Waals surface area contributed by atoms with Gasteiger partial charge in [0.25, 0.3) is 0 Å². The number of carbonyl (C=O) groups is 1.